The molecule has 0 spiro atoms. The van der Waals surface area contributed by atoms with Crippen molar-refractivity contribution >= 4 is 5.97 Å². The van der Waals surface area contributed by atoms with Gasteiger partial charge >= 0.3 is 5.97 Å². The van der Waals surface area contributed by atoms with Gasteiger partial charge in [0.05, 0.1) is 12.2 Å². The van der Waals surface area contributed by atoms with E-state index in [2.05, 4.69) is 6.08 Å². The van der Waals surface area contributed by atoms with Crippen molar-refractivity contribution < 1.29 is 14.6 Å². The van der Waals surface area contributed by atoms with Gasteiger partial charge < -0.3 is 9.84 Å². The Balaban J connectivity index is 3.40. The highest BCUT2D eigenvalue weighted by Gasteiger charge is 2.07. The van der Waals surface area contributed by atoms with Crippen molar-refractivity contribution in [1.82, 2.24) is 0 Å². The van der Waals surface area contributed by atoms with Crippen LogP contribution < -0.4 is 0 Å². The topological polar surface area (TPSA) is 46.5 Å². The molecule has 0 bridgehead atoms. The van der Waals surface area contributed by atoms with Gasteiger partial charge in [0.15, 0.2) is 0 Å². The predicted molar refractivity (Wildman–Crippen MR) is 69.7 cm³/mol. The molecule has 0 saturated carbocycles. The number of unbranched alkanes of at least 4 members (excludes halogenated alkanes) is 2. The number of allylic oxidation sites excluding steroid dienone is 3. The lowest BCUT2D eigenvalue weighted by molar-refractivity contribution is -0.141. The van der Waals surface area contributed by atoms with E-state index in [1.807, 2.05) is 18.2 Å². The summed E-state index contributed by atoms with van der Waals surface area (Å²) in [5, 5.41) is 9.45. The van der Waals surface area contributed by atoms with Crippen LogP contribution in [-0.2, 0) is 9.53 Å². The molecule has 0 aliphatic heterocycles. The molecule has 0 aromatic heterocycles. The number of hydrogen-bond acceptors (Lipinski definition) is 3. The first-order valence-electron chi connectivity index (χ1n) is 6.09. The van der Waals surface area contributed by atoms with E-state index in [9.17, 15) is 9.90 Å². The van der Waals surface area contributed by atoms with Gasteiger partial charge in [0.2, 0.25) is 0 Å². The highest BCUT2D eigenvalue weighted by Crippen LogP contribution is 2.07. The second kappa shape index (κ2) is 8.99. The van der Waals surface area contributed by atoms with Crippen LogP contribution in [0, 0.1) is 0 Å². The van der Waals surface area contributed by atoms with Crippen molar-refractivity contribution in [3.8, 4) is 0 Å². The van der Waals surface area contributed by atoms with Gasteiger partial charge in [-0.3, -0.25) is 4.79 Å². The Morgan fingerprint density at radius 3 is 2.47 bits per heavy atom. The maximum Gasteiger partial charge on any atom is 0.302 e. The molecule has 0 unspecified atom stereocenters. The van der Waals surface area contributed by atoms with Crippen LogP contribution in [0.4, 0.5) is 0 Å². The van der Waals surface area contributed by atoms with Gasteiger partial charge in [-0.1, -0.05) is 24.3 Å². The van der Waals surface area contributed by atoms with Crippen LogP contribution in [0.2, 0.25) is 0 Å². The van der Waals surface area contributed by atoms with Gasteiger partial charge in [0.1, 0.15) is 0 Å². The van der Waals surface area contributed by atoms with Crippen molar-refractivity contribution in [3.05, 3.63) is 24.3 Å². The summed E-state index contributed by atoms with van der Waals surface area (Å²) in [5.41, 5.74) is -0.631. The summed E-state index contributed by atoms with van der Waals surface area (Å²) in [6.07, 6.45) is 11.5. The summed E-state index contributed by atoms with van der Waals surface area (Å²) in [4.78, 5) is 10.5. The maximum atomic E-state index is 10.5. The van der Waals surface area contributed by atoms with Crippen LogP contribution in [-0.4, -0.2) is 23.3 Å². The van der Waals surface area contributed by atoms with Gasteiger partial charge in [-0.05, 0) is 39.5 Å². The zero-order valence-corrected chi connectivity index (χ0v) is 11.1. The molecule has 0 saturated heterocycles. The van der Waals surface area contributed by atoms with E-state index in [-0.39, 0.29) is 5.97 Å². The molecule has 3 nitrogen and oxygen atoms in total. The largest absolute Gasteiger partial charge is 0.466 e. The number of ether oxygens (including phenoxy) is 1. The second-order valence-corrected chi connectivity index (χ2v) is 4.71. The third-order valence-electron chi connectivity index (χ3n) is 2.07. The lowest BCUT2D eigenvalue weighted by Crippen LogP contribution is -2.16. The van der Waals surface area contributed by atoms with E-state index in [1.165, 1.54) is 6.92 Å². The number of hydrogen-bond donors (Lipinski definition) is 1. The summed E-state index contributed by atoms with van der Waals surface area (Å²) >= 11 is 0. The highest BCUT2D eigenvalue weighted by atomic mass is 16.5. The zero-order chi connectivity index (χ0) is 13.1. The van der Waals surface area contributed by atoms with Gasteiger partial charge in [0.25, 0.3) is 0 Å². The fraction of sp³-hybridized carbons (Fsp3) is 0.643. The number of aliphatic hydroxyl groups is 1. The van der Waals surface area contributed by atoms with Gasteiger partial charge in [-0.2, -0.15) is 0 Å². The molecule has 0 aromatic carbocycles. The molecule has 17 heavy (non-hydrogen) atoms. The molecule has 98 valence electrons. The number of carbonyl (C=O) groups is 1. The molecule has 1 N–H and O–H groups in total. The van der Waals surface area contributed by atoms with Crippen molar-refractivity contribution in [1.29, 1.82) is 0 Å². The minimum Gasteiger partial charge on any atom is -0.466 e. The molecule has 0 rings (SSSR count). The fourth-order valence-corrected chi connectivity index (χ4v) is 1.19. The summed E-state index contributed by atoms with van der Waals surface area (Å²) in [7, 11) is 0. The van der Waals surface area contributed by atoms with Crippen molar-refractivity contribution in [2.24, 2.45) is 0 Å². The molecular weight excluding hydrogens is 216 g/mol. The zero-order valence-electron chi connectivity index (χ0n) is 11.1. The van der Waals surface area contributed by atoms with E-state index >= 15 is 0 Å². The molecule has 0 amide bonds. The van der Waals surface area contributed by atoms with Crippen molar-refractivity contribution in [2.75, 3.05) is 6.61 Å². The lowest BCUT2D eigenvalue weighted by atomic mass is 10.1. The third kappa shape index (κ3) is 14.9. The molecule has 3 heteroatoms. The molecule has 0 aliphatic rings. The fourth-order valence-electron chi connectivity index (χ4n) is 1.19. The molecular formula is C14H24O3. The van der Waals surface area contributed by atoms with E-state index in [0.29, 0.717) is 13.0 Å². The van der Waals surface area contributed by atoms with Crippen molar-refractivity contribution in [3.63, 3.8) is 0 Å². The average Bonchev–Trinajstić information content (AvgIpc) is 2.18. The molecule has 0 radical (unpaired) electrons. The van der Waals surface area contributed by atoms with Crippen LogP contribution in [0.5, 0.6) is 0 Å². The minimum absolute atomic E-state index is 0.213. The predicted octanol–water partition coefficient (Wildman–Crippen LogP) is 2.99. The normalized spacial score (nSPS) is 12.5. The standard InChI is InChI=1S/C14H24O3/c1-13(15)17-12-10-8-6-4-5-7-9-11-14(2,3)16/h4-5,7,9,16H,6,8,10-12H2,1-3H3/b5-4+,9-7+. The van der Waals surface area contributed by atoms with E-state index in [4.69, 9.17) is 4.74 Å². The summed E-state index contributed by atoms with van der Waals surface area (Å²) in [6.45, 7) is 5.51. The Morgan fingerprint density at radius 2 is 1.88 bits per heavy atom. The molecule has 0 heterocycles. The molecule has 0 atom stereocenters. The Labute approximate surface area is 104 Å². The minimum atomic E-state index is -0.631. The molecule has 0 aromatic rings. The average molecular weight is 240 g/mol. The second-order valence-electron chi connectivity index (χ2n) is 4.71. The molecule has 0 fully saturated rings. The van der Waals surface area contributed by atoms with Gasteiger partial charge in [-0.25, -0.2) is 0 Å². The highest BCUT2D eigenvalue weighted by molar-refractivity contribution is 5.65. The Bertz CT molecular complexity index is 259. The first kappa shape index (κ1) is 15.9. The SMILES string of the molecule is CC(=O)OCCCC/C=C/C=C/CC(C)(C)O. The first-order valence-corrected chi connectivity index (χ1v) is 6.09. The van der Waals surface area contributed by atoms with Gasteiger partial charge in [-0.15, -0.1) is 0 Å². The van der Waals surface area contributed by atoms with Crippen LogP contribution in [0.15, 0.2) is 24.3 Å². The Hall–Kier alpha value is -1.09. The van der Waals surface area contributed by atoms with Crippen LogP contribution in [0.25, 0.3) is 0 Å². The Morgan fingerprint density at radius 1 is 1.24 bits per heavy atom. The third-order valence-corrected chi connectivity index (χ3v) is 2.07. The number of esters is 1. The van der Waals surface area contributed by atoms with E-state index in [0.717, 1.165) is 19.3 Å². The molecule has 0 aliphatic carbocycles. The van der Waals surface area contributed by atoms with Crippen LogP contribution in [0.1, 0.15) is 46.5 Å². The summed E-state index contributed by atoms with van der Waals surface area (Å²) in [5.74, 6) is -0.213. The quantitative estimate of drug-likeness (QED) is 0.403. The first-order chi connectivity index (χ1) is 7.92. The Kier molecular flexibility index (Phi) is 8.42. The number of carbonyl (C=O) groups excluding carboxylic acids is 1. The maximum absolute atomic E-state index is 10.5. The van der Waals surface area contributed by atoms with Crippen LogP contribution >= 0.6 is 0 Å². The van der Waals surface area contributed by atoms with E-state index < -0.39 is 5.60 Å². The van der Waals surface area contributed by atoms with Crippen LogP contribution in [0.3, 0.4) is 0 Å². The van der Waals surface area contributed by atoms with E-state index in [1.54, 1.807) is 13.8 Å². The smallest absolute Gasteiger partial charge is 0.302 e. The number of rotatable bonds is 8. The summed E-state index contributed by atoms with van der Waals surface area (Å²) < 4.78 is 4.82. The summed E-state index contributed by atoms with van der Waals surface area (Å²) in [6, 6.07) is 0. The van der Waals surface area contributed by atoms with Crippen molar-refractivity contribution in [2.45, 2.75) is 52.1 Å². The van der Waals surface area contributed by atoms with Gasteiger partial charge in [0, 0.05) is 6.92 Å². The lowest BCUT2D eigenvalue weighted by Gasteiger charge is -2.12. The monoisotopic (exact) mass is 240 g/mol.